The zero-order chi connectivity index (χ0) is 13.4. The van der Waals surface area contributed by atoms with Gasteiger partial charge in [-0.05, 0) is 31.4 Å². The van der Waals surface area contributed by atoms with Gasteiger partial charge in [-0.2, -0.15) is 0 Å². The lowest BCUT2D eigenvalue weighted by Gasteiger charge is -2.19. The fourth-order valence-corrected chi connectivity index (χ4v) is 2.61. The number of hydrogen-bond acceptors (Lipinski definition) is 3. The highest BCUT2D eigenvalue weighted by Crippen LogP contribution is 2.28. The number of fused-ring (bicyclic) bond motifs is 1. The highest BCUT2D eigenvalue weighted by atomic mass is 19.1. The Hall–Kier alpha value is -1.75. The van der Waals surface area contributed by atoms with Gasteiger partial charge < -0.3 is 10.4 Å². The first-order chi connectivity index (χ1) is 9.15. The minimum atomic E-state index is -0.675. The van der Waals surface area contributed by atoms with Gasteiger partial charge in [-0.1, -0.05) is 0 Å². The Morgan fingerprint density at radius 2 is 2.11 bits per heavy atom. The van der Waals surface area contributed by atoms with E-state index in [-0.39, 0.29) is 11.6 Å². The number of pyridine rings is 1. The molecule has 0 saturated heterocycles. The Morgan fingerprint density at radius 1 is 1.26 bits per heavy atom. The first kappa shape index (κ1) is 12.3. The first-order valence-corrected chi connectivity index (χ1v) is 6.33. The lowest BCUT2D eigenvalue weighted by atomic mass is 10.1. The molecule has 3 rings (SSSR count). The fourth-order valence-electron chi connectivity index (χ4n) is 2.61. The van der Waals surface area contributed by atoms with Gasteiger partial charge in [0.05, 0.1) is 12.1 Å². The summed E-state index contributed by atoms with van der Waals surface area (Å²) >= 11 is 0. The molecule has 0 amide bonds. The monoisotopic (exact) mass is 264 g/mol. The first-order valence-electron chi connectivity index (χ1n) is 6.33. The third kappa shape index (κ3) is 2.26. The number of aromatic nitrogens is 1. The number of rotatable bonds is 2. The molecule has 3 nitrogen and oxygen atoms in total. The van der Waals surface area contributed by atoms with Gasteiger partial charge in [0.1, 0.15) is 11.3 Å². The topological polar surface area (TPSA) is 45.1 Å². The quantitative estimate of drug-likeness (QED) is 0.876. The van der Waals surface area contributed by atoms with E-state index in [9.17, 15) is 13.9 Å². The molecular formula is C14H14F2N2O. The summed E-state index contributed by atoms with van der Waals surface area (Å²) in [6, 6.07) is 3.68. The van der Waals surface area contributed by atoms with Crippen molar-refractivity contribution in [3.05, 3.63) is 36.0 Å². The van der Waals surface area contributed by atoms with Crippen molar-refractivity contribution < 1.29 is 13.9 Å². The van der Waals surface area contributed by atoms with Crippen molar-refractivity contribution in [1.29, 1.82) is 0 Å². The van der Waals surface area contributed by atoms with E-state index in [1.54, 1.807) is 6.07 Å². The van der Waals surface area contributed by atoms with Gasteiger partial charge in [0, 0.05) is 23.3 Å². The summed E-state index contributed by atoms with van der Waals surface area (Å²) in [5, 5.41) is 13.4. The van der Waals surface area contributed by atoms with E-state index in [0.29, 0.717) is 11.1 Å². The number of benzene rings is 1. The van der Waals surface area contributed by atoms with Gasteiger partial charge in [0.2, 0.25) is 0 Å². The van der Waals surface area contributed by atoms with Crippen LogP contribution < -0.4 is 5.32 Å². The van der Waals surface area contributed by atoms with Gasteiger partial charge in [-0.15, -0.1) is 0 Å². The molecule has 1 aromatic heterocycles. The molecule has 2 N–H and O–H groups in total. The van der Waals surface area contributed by atoms with Crippen molar-refractivity contribution in [2.45, 2.75) is 31.4 Å². The zero-order valence-electron chi connectivity index (χ0n) is 10.2. The normalized spacial score (nSPS) is 22.9. The molecule has 1 fully saturated rings. The summed E-state index contributed by atoms with van der Waals surface area (Å²) in [5.74, 6) is -1.31. The van der Waals surface area contributed by atoms with Crippen LogP contribution in [0.4, 0.5) is 14.5 Å². The molecule has 2 atom stereocenters. The second-order valence-corrected chi connectivity index (χ2v) is 4.89. The Morgan fingerprint density at radius 3 is 2.84 bits per heavy atom. The molecule has 0 radical (unpaired) electrons. The summed E-state index contributed by atoms with van der Waals surface area (Å²) in [6.07, 6.45) is 3.62. The molecule has 1 aliphatic carbocycles. The largest absolute Gasteiger partial charge is 0.391 e. The van der Waals surface area contributed by atoms with E-state index in [2.05, 4.69) is 10.3 Å². The summed E-state index contributed by atoms with van der Waals surface area (Å²) in [6.45, 7) is 0. The molecule has 5 heteroatoms. The maximum Gasteiger partial charge on any atom is 0.152 e. The van der Waals surface area contributed by atoms with Crippen molar-refractivity contribution in [3.8, 4) is 0 Å². The van der Waals surface area contributed by atoms with Crippen LogP contribution in [0.5, 0.6) is 0 Å². The fraction of sp³-hybridized carbons (Fsp3) is 0.357. The minimum Gasteiger partial charge on any atom is -0.391 e. The van der Waals surface area contributed by atoms with Crippen LogP contribution in [0.1, 0.15) is 19.3 Å². The van der Waals surface area contributed by atoms with Crippen molar-refractivity contribution in [3.63, 3.8) is 0 Å². The second-order valence-electron chi connectivity index (χ2n) is 4.89. The molecule has 0 spiro atoms. The van der Waals surface area contributed by atoms with Crippen LogP contribution >= 0.6 is 0 Å². The smallest absolute Gasteiger partial charge is 0.152 e. The van der Waals surface area contributed by atoms with Gasteiger partial charge >= 0.3 is 0 Å². The van der Waals surface area contributed by atoms with E-state index in [1.165, 1.54) is 12.3 Å². The number of hydrogen-bond donors (Lipinski definition) is 2. The van der Waals surface area contributed by atoms with E-state index in [0.717, 1.165) is 25.3 Å². The van der Waals surface area contributed by atoms with Gasteiger partial charge in [-0.25, -0.2) is 8.78 Å². The summed E-state index contributed by atoms with van der Waals surface area (Å²) in [4.78, 5) is 3.93. The van der Waals surface area contributed by atoms with Crippen molar-refractivity contribution >= 4 is 16.6 Å². The zero-order valence-corrected chi connectivity index (χ0v) is 10.2. The molecule has 0 unspecified atom stereocenters. The van der Waals surface area contributed by atoms with E-state index >= 15 is 0 Å². The number of aliphatic hydroxyl groups excluding tert-OH is 1. The Bertz CT molecular complexity index is 618. The summed E-state index contributed by atoms with van der Waals surface area (Å²) < 4.78 is 27.0. The van der Waals surface area contributed by atoms with Crippen molar-refractivity contribution in [1.82, 2.24) is 4.98 Å². The minimum absolute atomic E-state index is 0.0723. The molecule has 19 heavy (non-hydrogen) atoms. The summed E-state index contributed by atoms with van der Waals surface area (Å²) in [5.41, 5.74) is 0.744. The number of anilines is 1. The Labute approximate surface area is 109 Å². The molecule has 1 aliphatic rings. The van der Waals surface area contributed by atoms with Gasteiger partial charge in [-0.3, -0.25) is 4.98 Å². The van der Waals surface area contributed by atoms with Gasteiger partial charge in [0.25, 0.3) is 0 Å². The van der Waals surface area contributed by atoms with Gasteiger partial charge in [0.15, 0.2) is 5.82 Å². The molecular weight excluding hydrogens is 250 g/mol. The van der Waals surface area contributed by atoms with Crippen LogP contribution in [0.25, 0.3) is 10.9 Å². The third-order valence-electron chi connectivity index (χ3n) is 3.58. The SMILES string of the molecule is O[C@@H]1CCC[C@H]1Nc1ccnc2c(F)cc(F)cc12. The number of halogens is 2. The number of nitrogens with one attached hydrogen (secondary N) is 1. The lowest BCUT2D eigenvalue weighted by molar-refractivity contribution is 0.172. The van der Waals surface area contributed by atoms with E-state index in [1.807, 2.05) is 0 Å². The summed E-state index contributed by atoms with van der Waals surface area (Å²) in [7, 11) is 0. The Balaban J connectivity index is 2.03. The van der Waals surface area contributed by atoms with Crippen molar-refractivity contribution in [2.24, 2.45) is 0 Å². The van der Waals surface area contributed by atoms with E-state index in [4.69, 9.17) is 0 Å². The number of nitrogens with zero attached hydrogens (tertiary/aromatic N) is 1. The maximum atomic E-state index is 13.6. The molecule has 1 aromatic carbocycles. The highest BCUT2D eigenvalue weighted by molar-refractivity contribution is 5.91. The maximum absolute atomic E-state index is 13.6. The average molecular weight is 264 g/mol. The third-order valence-corrected chi connectivity index (χ3v) is 3.58. The van der Waals surface area contributed by atoms with Crippen LogP contribution in [0, 0.1) is 11.6 Å². The highest BCUT2D eigenvalue weighted by Gasteiger charge is 2.25. The Kier molecular flexibility index (Phi) is 3.06. The molecule has 100 valence electrons. The lowest BCUT2D eigenvalue weighted by Crippen LogP contribution is -2.28. The van der Waals surface area contributed by atoms with Crippen LogP contribution in [-0.4, -0.2) is 22.2 Å². The van der Waals surface area contributed by atoms with Crippen LogP contribution in [-0.2, 0) is 0 Å². The predicted molar refractivity (Wildman–Crippen MR) is 68.9 cm³/mol. The average Bonchev–Trinajstić information content (AvgIpc) is 2.76. The molecule has 1 saturated carbocycles. The van der Waals surface area contributed by atoms with Crippen LogP contribution in [0.2, 0.25) is 0 Å². The standard InChI is InChI=1S/C14H14F2N2O/c15-8-6-9-11(18-12-2-1-3-13(12)19)4-5-17-14(9)10(16)7-8/h4-7,12-13,19H,1-3H2,(H,17,18)/t12-,13-/m1/s1. The van der Waals surface area contributed by atoms with Crippen molar-refractivity contribution in [2.75, 3.05) is 5.32 Å². The molecule has 1 heterocycles. The van der Waals surface area contributed by atoms with Crippen LogP contribution in [0.15, 0.2) is 24.4 Å². The predicted octanol–water partition coefficient (Wildman–Crippen LogP) is 2.84. The molecule has 0 aliphatic heterocycles. The number of aliphatic hydroxyl groups is 1. The molecule has 0 bridgehead atoms. The second kappa shape index (κ2) is 4.74. The van der Waals surface area contributed by atoms with Crippen LogP contribution in [0.3, 0.4) is 0 Å². The van der Waals surface area contributed by atoms with E-state index < -0.39 is 17.7 Å². The molecule has 2 aromatic rings.